The van der Waals surface area contributed by atoms with E-state index in [0.29, 0.717) is 29.8 Å². The van der Waals surface area contributed by atoms with Gasteiger partial charge in [0.15, 0.2) is 5.69 Å². The number of nitrogens with one attached hydrogen (secondary N) is 1. The number of rotatable bonds is 2. The van der Waals surface area contributed by atoms with Crippen molar-refractivity contribution in [1.82, 2.24) is 10.3 Å². The molecule has 2 bridgehead atoms. The van der Waals surface area contributed by atoms with Gasteiger partial charge < -0.3 is 15.0 Å². The number of amides is 1. The lowest BCUT2D eigenvalue weighted by Gasteiger charge is -2.24. The Bertz CT molecular complexity index is 623. The topological polar surface area (TPSA) is 71.5 Å². The summed E-state index contributed by atoms with van der Waals surface area (Å²) in [6, 6.07) is 2.83. The van der Waals surface area contributed by atoms with E-state index in [1.165, 1.54) is 32.8 Å². The molecule has 2 saturated heterocycles. The van der Waals surface area contributed by atoms with Gasteiger partial charge in [-0.1, -0.05) is 0 Å². The maximum absolute atomic E-state index is 12.0. The van der Waals surface area contributed by atoms with Gasteiger partial charge in [0.25, 0.3) is 5.91 Å². The Labute approximate surface area is 122 Å². The predicted molar refractivity (Wildman–Crippen MR) is 75.3 cm³/mol. The molecular formula is C15H17N3O3. The van der Waals surface area contributed by atoms with Crippen molar-refractivity contribution in [3.05, 3.63) is 22.9 Å². The smallest absolute Gasteiger partial charge is 0.357 e. The number of anilines is 1. The molecule has 0 radical (unpaired) electrons. The molecule has 3 aliphatic rings. The van der Waals surface area contributed by atoms with Crippen molar-refractivity contribution in [2.45, 2.75) is 44.3 Å². The Balaban J connectivity index is 1.84. The van der Waals surface area contributed by atoms with E-state index in [1.54, 1.807) is 0 Å². The molecule has 6 nitrogen and oxygen atoms in total. The number of hydrogen-bond donors (Lipinski definition) is 1. The summed E-state index contributed by atoms with van der Waals surface area (Å²) >= 11 is 0. The predicted octanol–water partition coefficient (Wildman–Crippen LogP) is 1.24. The van der Waals surface area contributed by atoms with Crippen LogP contribution in [0.25, 0.3) is 0 Å². The summed E-state index contributed by atoms with van der Waals surface area (Å²) in [4.78, 5) is 30.8. The molecule has 4 rings (SSSR count). The third-order valence-electron chi connectivity index (χ3n) is 4.88. The molecule has 1 aromatic heterocycles. The highest BCUT2D eigenvalue weighted by molar-refractivity contribution is 6.03. The summed E-state index contributed by atoms with van der Waals surface area (Å²) in [5, 5.41) is 2.75. The SMILES string of the molecule is COC(=O)c1nc(N2C3CCC2CC3)cc2c1CNC2=O. The summed E-state index contributed by atoms with van der Waals surface area (Å²) in [5.41, 5.74) is 1.49. The molecule has 0 unspecified atom stereocenters. The average molecular weight is 287 g/mol. The number of ether oxygens (including phenoxy) is 1. The van der Waals surface area contributed by atoms with Crippen LogP contribution in [0.5, 0.6) is 0 Å². The van der Waals surface area contributed by atoms with Gasteiger partial charge in [-0.3, -0.25) is 4.79 Å². The highest BCUT2D eigenvalue weighted by atomic mass is 16.5. The van der Waals surface area contributed by atoms with Crippen molar-refractivity contribution in [3.8, 4) is 0 Å². The molecule has 110 valence electrons. The minimum Gasteiger partial charge on any atom is -0.464 e. The molecule has 1 amide bonds. The fourth-order valence-corrected chi connectivity index (χ4v) is 3.89. The van der Waals surface area contributed by atoms with E-state index in [2.05, 4.69) is 15.2 Å². The first-order valence-corrected chi connectivity index (χ1v) is 7.38. The van der Waals surface area contributed by atoms with Gasteiger partial charge >= 0.3 is 5.97 Å². The molecule has 3 aliphatic heterocycles. The monoisotopic (exact) mass is 287 g/mol. The highest BCUT2D eigenvalue weighted by Gasteiger charge is 2.41. The number of pyridine rings is 1. The Morgan fingerprint density at radius 1 is 1.33 bits per heavy atom. The first-order valence-electron chi connectivity index (χ1n) is 7.38. The molecule has 0 aliphatic carbocycles. The largest absolute Gasteiger partial charge is 0.464 e. The zero-order valence-electron chi connectivity index (χ0n) is 11.9. The summed E-state index contributed by atoms with van der Waals surface area (Å²) in [5.74, 6) is 0.137. The molecule has 0 spiro atoms. The van der Waals surface area contributed by atoms with Crippen LogP contribution in [0.15, 0.2) is 6.07 Å². The summed E-state index contributed by atoms with van der Waals surface area (Å²) in [6.07, 6.45) is 4.68. The van der Waals surface area contributed by atoms with E-state index in [9.17, 15) is 9.59 Å². The van der Waals surface area contributed by atoms with Crippen molar-refractivity contribution in [3.63, 3.8) is 0 Å². The minimum absolute atomic E-state index is 0.134. The number of fused-ring (bicyclic) bond motifs is 3. The molecule has 1 aromatic rings. The van der Waals surface area contributed by atoms with Crippen LogP contribution >= 0.6 is 0 Å². The summed E-state index contributed by atoms with van der Waals surface area (Å²) in [7, 11) is 1.34. The molecule has 4 heterocycles. The van der Waals surface area contributed by atoms with Crippen molar-refractivity contribution in [2.75, 3.05) is 12.0 Å². The van der Waals surface area contributed by atoms with E-state index in [1.807, 2.05) is 6.07 Å². The summed E-state index contributed by atoms with van der Waals surface area (Å²) < 4.78 is 4.82. The Hall–Kier alpha value is -2.11. The standard InChI is InChI=1S/C15H17N3O3/c1-21-15(20)13-11-7-16-14(19)10(11)6-12(17-13)18-8-2-3-9(18)5-4-8/h6,8-9H,2-5,7H2,1H3,(H,16,19). The van der Waals surface area contributed by atoms with Gasteiger partial charge in [-0.05, 0) is 31.7 Å². The third-order valence-corrected chi connectivity index (χ3v) is 4.88. The molecule has 0 saturated carbocycles. The maximum Gasteiger partial charge on any atom is 0.357 e. The van der Waals surface area contributed by atoms with E-state index < -0.39 is 5.97 Å². The van der Waals surface area contributed by atoms with Crippen molar-refractivity contribution >= 4 is 17.7 Å². The number of carbonyl (C=O) groups is 2. The number of carbonyl (C=O) groups excluding carboxylic acids is 2. The van der Waals surface area contributed by atoms with Gasteiger partial charge in [-0.15, -0.1) is 0 Å². The summed E-state index contributed by atoms with van der Waals surface area (Å²) in [6.45, 7) is 0.346. The quantitative estimate of drug-likeness (QED) is 0.829. The van der Waals surface area contributed by atoms with Gasteiger partial charge in [-0.2, -0.15) is 0 Å². The number of hydrogen-bond acceptors (Lipinski definition) is 5. The van der Waals surface area contributed by atoms with Crippen LogP contribution in [0.2, 0.25) is 0 Å². The lowest BCUT2D eigenvalue weighted by molar-refractivity contribution is 0.0592. The number of nitrogens with zero attached hydrogens (tertiary/aromatic N) is 2. The first-order chi connectivity index (χ1) is 10.2. The fraction of sp³-hybridized carbons (Fsp3) is 0.533. The number of methoxy groups -OCH3 is 1. The van der Waals surface area contributed by atoms with Crippen LogP contribution in [0.1, 0.15) is 52.1 Å². The normalized spacial score (nSPS) is 26.0. The Kier molecular flexibility index (Phi) is 2.67. The Morgan fingerprint density at radius 2 is 2.00 bits per heavy atom. The highest BCUT2D eigenvalue weighted by Crippen LogP contribution is 2.41. The number of aromatic nitrogens is 1. The molecule has 21 heavy (non-hydrogen) atoms. The van der Waals surface area contributed by atoms with Gasteiger partial charge in [0.2, 0.25) is 0 Å². The second-order valence-corrected chi connectivity index (χ2v) is 5.90. The van der Waals surface area contributed by atoms with Crippen molar-refractivity contribution in [2.24, 2.45) is 0 Å². The van der Waals surface area contributed by atoms with Crippen LogP contribution in [0, 0.1) is 0 Å². The van der Waals surface area contributed by atoms with Crippen LogP contribution in [-0.4, -0.2) is 36.1 Å². The zero-order valence-corrected chi connectivity index (χ0v) is 11.9. The second-order valence-electron chi connectivity index (χ2n) is 5.90. The molecule has 1 N–H and O–H groups in total. The van der Waals surface area contributed by atoms with Crippen molar-refractivity contribution < 1.29 is 14.3 Å². The minimum atomic E-state index is -0.476. The van der Waals surface area contributed by atoms with E-state index in [4.69, 9.17) is 4.74 Å². The van der Waals surface area contributed by atoms with E-state index in [0.717, 1.165) is 5.82 Å². The third kappa shape index (κ3) is 1.74. The first kappa shape index (κ1) is 12.6. The lowest BCUT2D eigenvalue weighted by atomic mass is 10.0. The van der Waals surface area contributed by atoms with E-state index >= 15 is 0 Å². The average Bonchev–Trinajstić information content (AvgIpc) is 3.20. The number of esters is 1. The second kappa shape index (κ2) is 4.44. The lowest BCUT2D eigenvalue weighted by Crippen LogP contribution is -2.30. The molecule has 2 fully saturated rings. The molecule has 6 heteroatoms. The Morgan fingerprint density at radius 3 is 2.62 bits per heavy atom. The van der Waals surface area contributed by atoms with Crippen molar-refractivity contribution in [1.29, 1.82) is 0 Å². The van der Waals surface area contributed by atoms with Gasteiger partial charge in [-0.25, -0.2) is 9.78 Å². The van der Waals surface area contributed by atoms with E-state index in [-0.39, 0.29) is 11.6 Å². The van der Waals surface area contributed by atoms with Crippen LogP contribution in [0.3, 0.4) is 0 Å². The van der Waals surface area contributed by atoms with Gasteiger partial charge in [0, 0.05) is 24.2 Å². The van der Waals surface area contributed by atoms with Crippen LogP contribution < -0.4 is 10.2 Å². The van der Waals surface area contributed by atoms with Crippen LogP contribution in [0.4, 0.5) is 5.82 Å². The van der Waals surface area contributed by atoms with Gasteiger partial charge in [0.1, 0.15) is 5.82 Å². The maximum atomic E-state index is 12.0. The molecular weight excluding hydrogens is 270 g/mol. The zero-order chi connectivity index (χ0) is 14.6. The molecule has 0 aromatic carbocycles. The fourth-order valence-electron chi connectivity index (χ4n) is 3.89. The van der Waals surface area contributed by atoms with Gasteiger partial charge in [0.05, 0.1) is 12.7 Å². The molecule has 0 atom stereocenters. The van der Waals surface area contributed by atoms with Crippen LogP contribution in [-0.2, 0) is 11.3 Å².